The lowest BCUT2D eigenvalue weighted by molar-refractivity contribution is 0.0195. The number of aliphatic hydroxyl groups is 1. The zero-order chi connectivity index (χ0) is 11.6. The maximum absolute atomic E-state index is 11.7. The van der Waals surface area contributed by atoms with E-state index in [4.69, 9.17) is 9.84 Å². The summed E-state index contributed by atoms with van der Waals surface area (Å²) in [6, 6.07) is -0.236. The second kappa shape index (κ2) is 4.23. The van der Waals surface area contributed by atoms with E-state index in [1.165, 1.54) is 0 Å². The van der Waals surface area contributed by atoms with Gasteiger partial charge in [0.25, 0.3) is 0 Å². The Morgan fingerprint density at radius 2 is 2.27 bits per heavy atom. The molecular formula is C11H19NO3. The number of carbonyl (C=O) groups excluding carboxylic acids is 1. The molecule has 1 rings (SSSR count). The highest BCUT2D eigenvalue weighted by atomic mass is 16.6. The van der Waals surface area contributed by atoms with Crippen LogP contribution in [-0.4, -0.2) is 40.9 Å². The summed E-state index contributed by atoms with van der Waals surface area (Å²) in [4.78, 5) is 13.3. The summed E-state index contributed by atoms with van der Waals surface area (Å²) in [6.45, 7) is 7.91. The van der Waals surface area contributed by atoms with Crippen LogP contribution in [0.1, 0.15) is 27.7 Å². The Morgan fingerprint density at radius 1 is 1.67 bits per heavy atom. The van der Waals surface area contributed by atoms with Crippen molar-refractivity contribution in [3.63, 3.8) is 0 Å². The number of nitrogens with zero attached hydrogens (tertiary/aromatic N) is 1. The van der Waals surface area contributed by atoms with Crippen molar-refractivity contribution < 1.29 is 14.6 Å². The Bertz CT molecular complexity index is 278. The van der Waals surface area contributed by atoms with Gasteiger partial charge in [0, 0.05) is 6.54 Å². The van der Waals surface area contributed by atoms with Gasteiger partial charge in [-0.25, -0.2) is 4.79 Å². The monoisotopic (exact) mass is 213 g/mol. The molecule has 0 spiro atoms. The maximum atomic E-state index is 11.7. The van der Waals surface area contributed by atoms with E-state index in [9.17, 15) is 4.79 Å². The van der Waals surface area contributed by atoms with Gasteiger partial charge in [-0.3, -0.25) is 4.90 Å². The summed E-state index contributed by atoms with van der Waals surface area (Å²) in [5, 5.41) is 9.11. The predicted octanol–water partition coefficient (Wildman–Crippen LogP) is 1.54. The lowest BCUT2D eigenvalue weighted by Crippen LogP contribution is -2.41. The molecule has 1 atom stereocenters. The van der Waals surface area contributed by atoms with Gasteiger partial charge in [0.15, 0.2) is 0 Å². The summed E-state index contributed by atoms with van der Waals surface area (Å²) in [6.07, 6.45) is 1.53. The van der Waals surface area contributed by atoms with E-state index in [2.05, 4.69) is 0 Å². The average Bonchev–Trinajstić information content (AvgIpc) is 2.43. The molecule has 1 aliphatic rings. The molecule has 1 aliphatic heterocycles. The molecule has 1 N–H and O–H groups in total. The fraction of sp³-hybridized carbons (Fsp3) is 0.727. The van der Waals surface area contributed by atoms with Crippen molar-refractivity contribution in [3.8, 4) is 0 Å². The summed E-state index contributed by atoms with van der Waals surface area (Å²) in [5.74, 6) is 0. The minimum Gasteiger partial charge on any atom is -0.444 e. The standard InChI is InChI=1S/C11H19NO3/c1-8-5-9(7-13)12(6-8)10(14)15-11(2,3)4/h5,9,13H,6-7H2,1-4H3/t9-/m0/s1. The topological polar surface area (TPSA) is 49.8 Å². The highest BCUT2D eigenvalue weighted by molar-refractivity contribution is 5.70. The molecule has 0 unspecified atom stereocenters. The molecule has 4 heteroatoms. The van der Waals surface area contributed by atoms with E-state index in [1.54, 1.807) is 4.90 Å². The fourth-order valence-corrected chi connectivity index (χ4v) is 1.53. The van der Waals surface area contributed by atoms with Crippen LogP contribution in [0.5, 0.6) is 0 Å². The number of ether oxygens (including phenoxy) is 1. The first-order valence-corrected chi connectivity index (χ1v) is 5.11. The second-order valence-electron chi connectivity index (χ2n) is 4.87. The van der Waals surface area contributed by atoms with Crippen LogP contribution < -0.4 is 0 Å². The highest BCUT2D eigenvalue weighted by Crippen LogP contribution is 2.19. The van der Waals surface area contributed by atoms with Crippen molar-refractivity contribution in [3.05, 3.63) is 11.6 Å². The van der Waals surface area contributed by atoms with Crippen molar-refractivity contribution in [2.45, 2.75) is 39.3 Å². The SMILES string of the molecule is CC1=C[C@@H](CO)N(C(=O)OC(C)(C)C)C1. The van der Waals surface area contributed by atoms with E-state index in [1.807, 2.05) is 33.8 Å². The maximum Gasteiger partial charge on any atom is 0.411 e. The number of rotatable bonds is 1. The van der Waals surface area contributed by atoms with Crippen LogP contribution in [-0.2, 0) is 4.74 Å². The van der Waals surface area contributed by atoms with Gasteiger partial charge < -0.3 is 9.84 Å². The number of hydrogen-bond acceptors (Lipinski definition) is 3. The first kappa shape index (κ1) is 12.0. The molecule has 86 valence electrons. The van der Waals surface area contributed by atoms with Crippen LogP contribution in [0.4, 0.5) is 4.79 Å². The quantitative estimate of drug-likeness (QED) is 0.672. The van der Waals surface area contributed by atoms with Crippen LogP contribution >= 0.6 is 0 Å². The van der Waals surface area contributed by atoms with Crippen LogP contribution in [0.3, 0.4) is 0 Å². The third-order valence-electron chi connectivity index (χ3n) is 2.11. The highest BCUT2D eigenvalue weighted by Gasteiger charge is 2.30. The Kier molecular flexibility index (Phi) is 3.39. The number of carbonyl (C=O) groups is 1. The Hall–Kier alpha value is -1.03. The van der Waals surface area contributed by atoms with E-state index in [-0.39, 0.29) is 18.7 Å². The van der Waals surface area contributed by atoms with Crippen molar-refractivity contribution in [2.24, 2.45) is 0 Å². The van der Waals surface area contributed by atoms with Crippen molar-refractivity contribution in [1.82, 2.24) is 4.90 Å². The first-order chi connectivity index (χ1) is 6.83. The van der Waals surface area contributed by atoms with Gasteiger partial charge >= 0.3 is 6.09 Å². The van der Waals surface area contributed by atoms with Gasteiger partial charge in [-0.1, -0.05) is 11.6 Å². The molecule has 0 saturated carbocycles. The third kappa shape index (κ3) is 3.23. The zero-order valence-electron chi connectivity index (χ0n) is 9.78. The molecule has 0 aromatic carbocycles. The van der Waals surface area contributed by atoms with Gasteiger partial charge in [0.05, 0.1) is 12.6 Å². The second-order valence-corrected chi connectivity index (χ2v) is 4.87. The van der Waals surface area contributed by atoms with Crippen LogP contribution in [0.15, 0.2) is 11.6 Å². The molecule has 4 nitrogen and oxygen atoms in total. The molecule has 0 aromatic rings. The molecule has 0 aromatic heterocycles. The lowest BCUT2D eigenvalue weighted by Gasteiger charge is -2.27. The largest absolute Gasteiger partial charge is 0.444 e. The predicted molar refractivity (Wildman–Crippen MR) is 57.6 cm³/mol. The molecule has 1 amide bonds. The van der Waals surface area contributed by atoms with Crippen LogP contribution in [0.25, 0.3) is 0 Å². The minimum absolute atomic E-state index is 0.0589. The summed E-state index contributed by atoms with van der Waals surface area (Å²) in [7, 11) is 0. The van der Waals surface area contributed by atoms with Crippen molar-refractivity contribution in [2.75, 3.05) is 13.2 Å². The van der Waals surface area contributed by atoms with Gasteiger partial charge in [-0.2, -0.15) is 0 Å². The molecule has 15 heavy (non-hydrogen) atoms. The van der Waals surface area contributed by atoms with E-state index >= 15 is 0 Å². The van der Waals surface area contributed by atoms with Gasteiger partial charge in [0.1, 0.15) is 5.60 Å². The average molecular weight is 213 g/mol. The van der Waals surface area contributed by atoms with E-state index < -0.39 is 5.60 Å². The minimum atomic E-state index is -0.492. The third-order valence-corrected chi connectivity index (χ3v) is 2.11. The van der Waals surface area contributed by atoms with Crippen LogP contribution in [0.2, 0.25) is 0 Å². The zero-order valence-corrected chi connectivity index (χ0v) is 9.78. The van der Waals surface area contributed by atoms with E-state index in [0.29, 0.717) is 6.54 Å². The smallest absolute Gasteiger partial charge is 0.411 e. The number of hydrogen-bond donors (Lipinski definition) is 1. The van der Waals surface area contributed by atoms with E-state index in [0.717, 1.165) is 5.57 Å². The van der Waals surface area contributed by atoms with Gasteiger partial charge in [0.2, 0.25) is 0 Å². The summed E-state index contributed by atoms with van der Waals surface area (Å²) >= 11 is 0. The number of aliphatic hydroxyl groups excluding tert-OH is 1. The lowest BCUT2D eigenvalue weighted by atomic mass is 10.2. The summed E-state index contributed by atoms with van der Waals surface area (Å²) in [5.41, 5.74) is 0.591. The van der Waals surface area contributed by atoms with Crippen molar-refractivity contribution >= 4 is 6.09 Å². The molecule has 1 heterocycles. The molecular weight excluding hydrogens is 194 g/mol. The molecule has 0 aliphatic carbocycles. The Morgan fingerprint density at radius 3 is 2.73 bits per heavy atom. The summed E-state index contributed by atoms with van der Waals surface area (Å²) < 4.78 is 5.24. The molecule has 0 bridgehead atoms. The van der Waals surface area contributed by atoms with Gasteiger partial charge in [-0.05, 0) is 27.7 Å². The Balaban J connectivity index is 2.62. The molecule has 0 fully saturated rings. The Labute approximate surface area is 90.5 Å². The van der Waals surface area contributed by atoms with Gasteiger partial charge in [-0.15, -0.1) is 0 Å². The van der Waals surface area contributed by atoms with Crippen molar-refractivity contribution in [1.29, 1.82) is 0 Å². The first-order valence-electron chi connectivity index (χ1n) is 5.11. The van der Waals surface area contributed by atoms with Crippen LogP contribution in [0, 0.1) is 0 Å². The molecule has 0 saturated heterocycles. The number of amides is 1. The molecule has 0 radical (unpaired) electrons. The normalized spacial score (nSPS) is 21.5. The fourth-order valence-electron chi connectivity index (χ4n) is 1.53.